The molecule has 0 saturated heterocycles. The number of nitrogens with one attached hydrogen (secondary N) is 1. The molecule has 4 aromatic rings. The Balaban J connectivity index is 1.76. The van der Waals surface area contributed by atoms with E-state index in [1.54, 1.807) is 0 Å². The Hall–Kier alpha value is -3.07. The molecule has 0 radical (unpaired) electrons. The zero-order valence-electron chi connectivity index (χ0n) is 16.5. The molecular weight excluding hydrogens is 346 g/mol. The predicted octanol–water partition coefficient (Wildman–Crippen LogP) is 6.18. The fourth-order valence-electron chi connectivity index (χ4n) is 3.67. The molecule has 0 bridgehead atoms. The summed E-state index contributed by atoms with van der Waals surface area (Å²) in [5, 5.41) is 3.51. The smallest absolute Gasteiger partial charge is 0.307 e. The van der Waals surface area contributed by atoms with Crippen LogP contribution >= 0.6 is 0 Å². The van der Waals surface area contributed by atoms with Gasteiger partial charge in [0.1, 0.15) is 5.60 Å². The number of carbonyl (C=O) groups is 1. The quantitative estimate of drug-likeness (QED) is 0.435. The lowest BCUT2D eigenvalue weighted by Crippen LogP contribution is -2.25. The molecule has 1 unspecified atom stereocenters. The first-order chi connectivity index (χ1) is 13.4. The Kier molecular flexibility index (Phi) is 4.68. The Bertz CT molecular complexity index is 1100. The van der Waals surface area contributed by atoms with Crippen LogP contribution in [0.25, 0.3) is 21.7 Å². The van der Waals surface area contributed by atoms with E-state index in [1.165, 1.54) is 10.8 Å². The van der Waals surface area contributed by atoms with Crippen molar-refractivity contribution in [1.82, 2.24) is 4.98 Å². The van der Waals surface area contributed by atoms with Gasteiger partial charge in [-0.3, -0.25) is 4.79 Å². The van der Waals surface area contributed by atoms with Gasteiger partial charge in [0, 0.05) is 17.1 Å². The number of ether oxygens (including phenoxy) is 1. The number of rotatable bonds is 4. The van der Waals surface area contributed by atoms with Crippen molar-refractivity contribution in [3.05, 3.63) is 84.1 Å². The van der Waals surface area contributed by atoms with E-state index in [9.17, 15) is 4.79 Å². The van der Waals surface area contributed by atoms with Crippen molar-refractivity contribution in [3.8, 4) is 0 Å². The predicted molar refractivity (Wildman–Crippen MR) is 115 cm³/mol. The molecule has 3 nitrogen and oxygen atoms in total. The summed E-state index contributed by atoms with van der Waals surface area (Å²) < 4.78 is 5.62. The molecule has 0 aliphatic rings. The van der Waals surface area contributed by atoms with Crippen LogP contribution in [0, 0.1) is 0 Å². The van der Waals surface area contributed by atoms with Gasteiger partial charge < -0.3 is 9.72 Å². The maximum absolute atomic E-state index is 12.7. The van der Waals surface area contributed by atoms with Gasteiger partial charge in [-0.15, -0.1) is 0 Å². The summed E-state index contributed by atoms with van der Waals surface area (Å²) >= 11 is 0. The Morgan fingerprint density at radius 1 is 0.893 bits per heavy atom. The van der Waals surface area contributed by atoms with E-state index in [-0.39, 0.29) is 11.9 Å². The molecule has 3 aromatic carbocycles. The maximum Gasteiger partial charge on any atom is 0.307 e. The molecule has 0 spiro atoms. The highest BCUT2D eigenvalue weighted by Gasteiger charge is 2.24. The number of carbonyl (C=O) groups excluding carboxylic acids is 1. The molecule has 0 amide bonds. The third kappa shape index (κ3) is 3.94. The number of hydrogen-bond donors (Lipinski definition) is 1. The SMILES string of the molecule is CC(C)(C)OC(=O)CC(c1ccc2ccccc2c1)c1cc2ccccc2[nH]1. The zero-order chi connectivity index (χ0) is 19.7. The minimum atomic E-state index is -0.495. The van der Waals surface area contributed by atoms with Crippen LogP contribution in [0.15, 0.2) is 72.8 Å². The first kappa shape index (κ1) is 18.3. The third-order valence-electron chi connectivity index (χ3n) is 4.89. The summed E-state index contributed by atoms with van der Waals surface area (Å²) in [6.45, 7) is 5.70. The second kappa shape index (κ2) is 7.16. The first-order valence-corrected chi connectivity index (χ1v) is 9.67. The highest BCUT2D eigenvalue weighted by atomic mass is 16.6. The first-order valence-electron chi connectivity index (χ1n) is 9.67. The fourth-order valence-corrected chi connectivity index (χ4v) is 3.67. The minimum Gasteiger partial charge on any atom is -0.460 e. The van der Waals surface area contributed by atoms with E-state index in [1.807, 2.05) is 45.0 Å². The number of para-hydroxylation sites is 1. The van der Waals surface area contributed by atoms with Crippen molar-refractivity contribution in [2.24, 2.45) is 0 Å². The Morgan fingerprint density at radius 2 is 1.57 bits per heavy atom. The molecule has 0 aliphatic heterocycles. The summed E-state index contributed by atoms with van der Waals surface area (Å²) in [5.41, 5.74) is 2.72. The van der Waals surface area contributed by atoms with E-state index in [0.29, 0.717) is 6.42 Å². The van der Waals surface area contributed by atoms with Gasteiger partial charge >= 0.3 is 5.97 Å². The van der Waals surface area contributed by atoms with Crippen LogP contribution < -0.4 is 0 Å². The van der Waals surface area contributed by atoms with Crippen molar-refractivity contribution < 1.29 is 9.53 Å². The summed E-state index contributed by atoms with van der Waals surface area (Å²) in [6, 6.07) is 25.0. The lowest BCUT2D eigenvalue weighted by Gasteiger charge is -2.22. The summed E-state index contributed by atoms with van der Waals surface area (Å²) in [6.07, 6.45) is 0.294. The average Bonchev–Trinajstić information content (AvgIpc) is 3.08. The van der Waals surface area contributed by atoms with Crippen LogP contribution in [-0.4, -0.2) is 16.6 Å². The molecule has 0 fully saturated rings. The van der Waals surface area contributed by atoms with Gasteiger partial charge in [0.25, 0.3) is 0 Å². The van der Waals surface area contributed by atoms with Crippen molar-refractivity contribution in [3.63, 3.8) is 0 Å². The molecule has 142 valence electrons. The Morgan fingerprint density at radius 3 is 2.29 bits per heavy atom. The molecule has 0 saturated carbocycles. The number of aromatic amines is 1. The summed E-state index contributed by atoms with van der Waals surface area (Å²) in [5.74, 6) is -0.281. The van der Waals surface area contributed by atoms with Gasteiger partial charge in [0.15, 0.2) is 0 Å². The van der Waals surface area contributed by atoms with Crippen LogP contribution in [0.3, 0.4) is 0 Å². The van der Waals surface area contributed by atoms with Crippen molar-refractivity contribution >= 4 is 27.6 Å². The van der Waals surface area contributed by atoms with Crippen LogP contribution in [0.2, 0.25) is 0 Å². The van der Waals surface area contributed by atoms with E-state index >= 15 is 0 Å². The summed E-state index contributed by atoms with van der Waals surface area (Å²) in [7, 11) is 0. The molecule has 28 heavy (non-hydrogen) atoms. The molecule has 3 heteroatoms. The molecular formula is C25H25NO2. The number of H-pyrrole nitrogens is 1. The number of hydrogen-bond acceptors (Lipinski definition) is 2. The third-order valence-corrected chi connectivity index (χ3v) is 4.89. The van der Waals surface area contributed by atoms with E-state index in [2.05, 4.69) is 53.5 Å². The van der Waals surface area contributed by atoms with Gasteiger partial charge in [-0.05, 0) is 54.6 Å². The van der Waals surface area contributed by atoms with E-state index in [4.69, 9.17) is 4.74 Å². The Labute approximate surface area is 165 Å². The van der Waals surface area contributed by atoms with E-state index < -0.39 is 5.60 Å². The number of benzene rings is 3. The van der Waals surface area contributed by atoms with Gasteiger partial charge in [-0.2, -0.15) is 0 Å². The standard InChI is InChI=1S/C25H25NO2/c1-25(2,3)28-24(27)16-21(23-15-20-10-6-7-11-22(20)26-23)19-13-12-17-8-4-5-9-18(17)14-19/h4-15,21,26H,16H2,1-3H3. The van der Waals surface area contributed by atoms with Crippen molar-refractivity contribution in [2.45, 2.75) is 38.7 Å². The number of aromatic nitrogens is 1. The van der Waals surface area contributed by atoms with Crippen LogP contribution in [0.4, 0.5) is 0 Å². The van der Waals surface area contributed by atoms with Gasteiger partial charge in [0.2, 0.25) is 0 Å². The van der Waals surface area contributed by atoms with E-state index in [0.717, 1.165) is 22.2 Å². The lowest BCUT2D eigenvalue weighted by atomic mass is 9.90. The topological polar surface area (TPSA) is 42.1 Å². The van der Waals surface area contributed by atoms with Crippen molar-refractivity contribution in [1.29, 1.82) is 0 Å². The maximum atomic E-state index is 12.7. The van der Waals surface area contributed by atoms with Crippen LogP contribution in [-0.2, 0) is 9.53 Å². The second-order valence-corrected chi connectivity index (χ2v) is 8.26. The van der Waals surface area contributed by atoms with Gasteiger partial charge in [0.05, 0.1) is 6.42 Å². The lowest BCUT2D eigenvalue weighted by molar-refractivity contribution is -0.155. The highest BCUT2D eigenvalue weighted by Crippen LogP contribution is 2.32. The van der Waals surface area contributed by atoms with Crippen molar-refractivity contribution in [2.75, 3.05) is 0 Å². The zero-order valence-corrected chi connectivity index (χ0v) is 16.5. The van der Waals surface area contributed by atoms with Gasteiger partial charge in [-0.1, -0.05) is 60.7 Å². The molecule has 1 heterocycles. The largest absolute Gasteiger partial charge is 0.460 e. The highest BCUT2D eigenvalue weighted by molar-refractivity contribution is 5.84. The number of fused-ring (bicyclic) bond motifs is 2. The minimum absolute atomic E-state index is 0.0909. The monoisotopic (exact) mass is 371 g/mol. The van der Waals surface area contributed by atoms with Gasteiger partial charge in [-0.25, -0.2) is 0 Å². The van der Waals surface area contributed by atoms with Crippen LogP contribution in [0.5, 0.6) is 0 Å². The molecule has 1 atom stereocenters. The molecule has 1 aromatic heterocycles. The molecule has 1 N–H and O–H groups in total. The fraction of sp³-hybridized carbons (Fsp3) is 0.240. The van der Waals surface area contributed by atoms with Crippen LogP contribution in [0.1, 0.15) is 44.4 Å². The molecule has 0 aliphatic carbocycles. The summed E-state index contributed by atoms with van der Waals surface area (Å²) in [4.78, 5) is 16.2. The molecule has 4 rings (SSSR count). The average molecular weight is 371 g/mol. The number of esters is 1. The normalized spacial score (nSPS) is 13.0. The second-order valence-electron chi connectivity index (χ2n) is 8.26.